The Kier molecular flexibility index (Phi) is 6.83. The number of amides is 1. The van der Waals surface area contributed by atoms with E-state index in [-0.39, 0.29) is 6.61 Å². The van der Waals surface area contributed by atoms with E-state index in [0.717, 1.165) is 16.9 Å². The van der Waals surface area contributed by atoms with Crippen LogP contribution < -0.4 is 10.1 Å². The first-order valence-corrected chi connectivity index (χ1v) is 10.6. The standard InChI is InChI=1S/C24H20Cl2N2O4/c1-30-18-10-7-16(8-11-18)23-28-22(15-5-3-2-4-6-15)21(14-31-23)32-24(29)27-17-9-12-19(25)20(26)13-17/h2-13,21-22H,14H2,1H3,(H,27,29). The predicted octanol–water partition coefficient (Wildman–Crippen LogP) is 6.14. The number of ether oxygens (including phenoxy) is 3. The van der Waals surface area contributed by atoms with E-state index in [4.69, 9.17) is 42.4 Å². The summed E-state index contributed by atoms with van der Waals surface area (Å²) in [6.45, 7) is 0.152. The molecule has 1 amide bonds. The molecule has 6 nitrogen and oxygen atoms in total. The van der Waals surface area contributed by atoms with Crippen molar-refractivity contribution in [2.75, 3.05) is 19.0 Å². The van der Waals surface area contributed by atoms with Crippen molar-refractivity contribution in [2.45, 2.75) is 12.1 Å². The lowest BCUT2D eigenvalue weighted by atomic mass is 10.0. The van der Waals surface area contributed by atoms with Gasteiger partial charge in [-0.2, -0.15) is 0 Å². The van der Waals surface area contributed by atoms with Crippen LogP contribution in [0.3, 0.4) is 0 Å². The second-order valence-corrected chi connectivity index (χ2v) is 7.84. The van der Waals surface area contributed by atoms with Crippen molar-refractivity contribution in [1.82, 2.24) is 0 Å². The number of methoxy groups -OCH3 is 1. The van der Waals surface area contributed by atoms with E-state index < -0.39 is 18.2 Å². The van der Waals surface area contributed by atoms with Crippen LogP contribution in [0.2, 0.25) is 10.0 Å². The number of carbonyl (C=O) groups excluding carboxylic acids is 1. The number of hydrogen-bond donors (Lipinski definition) is 1. The van der Waals surface area contributed by atoms with Crippen molar-refractivity contribution < 1.29 is 19.0 Å². The Bertz CT molecular complexity index is 1120. The molecule has 1 N–H and O–H groups in total. The summed E-state index contributed by atoms with van der Waals surface area (Å²) >= 11 is 11.9. The average Bonchev–Trinajstić information content (AvgIpc) is 2.82. The highest BCUT2D eigenvalue weighted by molar-refractivity contribution is 6.42. The minimum atomic E-state index is -0.638. The Morgan fingerprint density at radius 1 is 1.03 bits per heavy atom. The maximum atomic E-state index is 12.5. The zero-order valence-corrected chi connectivity index (χ0v) is 18.6. The van der Waals surface area contributed by atoms with Gasteiger partial charge in [-0.3, -0.25) is 5.32 Å². The largest absolute Gasteiger partial charge is 0.497 e. The number of anilines is 1. The second-order valence-electron chi connectivity index (χ2n) is 7.03. The van der Waals surface area contributed by atoms with Crippen molar-refractivity contribution in [3.8, 4) is 5.75 Å². The summed E-state index contributed by atoms with van der Waals surface area (Å²) in [5.41, 5.74) is 2.19. The van der Waals surface area contributed by atoms with Gasteiger partial charge in [0.05, 0.1) is 17.2 Å². The van der Waals surface area contributed by atoms with Gasteiger partial charge in [0.1, 0.15) is 18.4 Å². The number of hydrogen-bond acceptors (Lipinski definition) is 5. The highest BCUT2D eigenvalue weighted by Crippen LogP contribution is 2.30. The SMILES string of the molecule is COc1ccc(C2=NC(c3ccccc3)C(OC(=O)Nc3ccc(Cl)c(Cl)c3)CO2)cc1. The molecule has 3 aromatic carbocycles. The lowest BCUT2D eigenvalue weighted by molar-refractivity contribution is 0.0440. The fourth-order valence-electron chi connectivity index (χ4n) is 3.29. The zero-order chi connectivity index (χ0) is 22.5. The van der Waals surface area contributed by atoms with Crippen LogP contribution >= 0.6 is 23.2 Å². The molecule has 0 saturated carbocycles. The third-order valence-corrected chi connectivity index (χ3v) is 5.63. The number of benzene rings is 3. The number of aliphatic imine (C=N–C) groups is 1. The number of carbonyl (C=O) groups is 1. The molecule has 0 aliphatic carbocycles. The van der Waals surface area contributed by atoms with Gasteiger partial charge < -0.3 is 14.2 Å². The highest BCUT2D eigenvalue weighted by atomic mass is 35.5. The van der Waals surface area contributed by atoms with Crippen molar-refractivity contribution >= 4 is 40.9 Å². The highest BCUT2D eigenvalue weighted by Gasteiger charge is 2.32. The molecule has 0 saturated heterocycles. The number of rotatable bonds is 5. The maximum Gasteiger partial charge on any atom is 0.412 e. The lowest BCUT2D eigenvalue weighted by Gasteiger charge is -2.30. The summed E-state index contributed by atoms with van der Waals surface area (Å²) in [5, 5.41) is 3.40. The molecule has 0 radical (unpaired) electrons. The van der Waals surface area contributed by atoms with Gasteiger partial charge in [-0.25, -0.2) is 9.79 Å². The minimum absolute atomic E-state index is 0.152. The van der Waals surface area contributed by atoms with Gasteiger partial charge in [-0.15, -0.1) is 0 Å². The molecule has 2 atom stereocenters. The molecular formula is C24H20Cl2N2O4. The molecule has 4 rings (SSSR count). The van der Waals surface area contributed by atoms with Crippen LogP contribution in [-0.4, -0.2) is 31.8 Å². The third-order valence-electron chi connectivity index (χ3n) is 4.90. The molecule has 1 aliphatic heterocycles. The number of nitrogens with one attached hydrogen (secondary N) is 1. The Hall–Kier alpha value is -3.22. The van der Waals surface area contributed by atoms with Crippen molar-refractivity contribution in [3.05, 3.63) is 94.0 Å². The van der Waals surface area contributed by atoms with Gasteiger partial charge in [0.15, 0.2) is 6.10 Å². The second kappa shape index (κ2) is 9.94. The molecule has 8 heteroatoms. The topological polar surface area (TPSA) is 69.2 Å². The van der Waals surface area contributed by atoms with E-state index in [1.54, 1.807) is 25.3 Å². The van der Waals surface area contributed by atoms with Gasteiger partial charge >= 0.3 is 6.09 Å². The molecule has 164 valence electrons. The quantitative estimate of drug-likeness (QED) is 0.486. The first kappa shape index (κ1) is 22.0. The van der Waals surface area contributed by atoms with Crippen LogP contribution in [0, 0.1) is 0 Å². The Labute approximate surface area is 195 Å². The summed E-state index contributed by atoms with van der Waals surface area (Å²) in [6.07, 6.45) is -1.26. The lowest BCUT2D eigenvalue weighted by Crippen LogP contribution is -2.36. The summed E-state index contributed by atoms with van der Waals surface area (Å²) in [4.78, 5) is 17.3. The summed E-state index contributed by atoms with van der Waals surface area (Å²) in [6, 6.07) is 21.4. The smallest absolute Gasteiger partial charge is 0.412 e. The van der Waals surface area contributed by atoms with Crippen molar-refractivity contribution in [3.63, 3.8) is 0 Å². The van der Waals surface area contributed by atoms with E-state index in [2.05, 4.69) is 5.32 Å². The van der Waals surface area contributed by atoms with Crippen LogP contribution in [0.25, 0.3) is 0 Å². The first-order valence-electron chi connectivity index (χ1n) is 9.86. The van der Waals surface area contributed by atoms with Crippen LogP contribution in [-0.2, 0) is 9.47 Å². The average molecular weight is 471 g/mol. The molecule has 1 heterocycles. The van der Waals surface area contributed by atoms with Crippen LogP contribution in [0.15, 0.2) is 77.8 Å². The molecule has 0 fully saturated rings. The van der Waals surface area contributed by atoms with Gasteiger partial charge in [0, 0.05) is 11.3 Å². The summed E-state index contributed by atoms with van der Waals surface area (Å²) in [5.74, 6) is 1.22. The van der Waals surface area contributed by atoms with Crippen LogP contribution in [0.4, 0.5) is 10.5 Å². The van der Waals surface area contributed by atoms with Gasteiger partial charge in [0.25, 0.3) is 0 Å². The van der Waals surface area contributed by atoms with Crippen LogP contribution in [0.5, 0.6) is 5.75 Å². The van der Waals surface area contributed by atoms with Crippen molar-refractivity contribution in [1.29, 1.82) is 0 Å². The number of nitrogens with zero attached hydrogens (tertiary/aromatic N) is 1. The Morgan fingerprint density at radius 3 is 2.47 bits per heavy atom. The predicted molar refractivity (Wildman–Crippen MR) is 125 cm³/mol. The fourth-order valence-corrected chi connectivity index (χ4v) is 3.59. The van der Waals surface area contributed by atoms with Gasteiger partial charge in [-0.1, -0.05) is 53.5 Å². The van der Waals surface area contributed by atoms with Crippen molar-refractivity contribution in [2.24, 2.45) is 4.99 Å². The Balaban J connectivity index is 1.55. The maximum absolute atomic E-state index is 12.5. The number of halogens is 2. The van der Waals surface area contributed by atoms with E-state index in [0.29, 0.717) is 21.6 Å². The summed E-state index contributed by atoms with van der Waals surface area (Å²) in [7, 11) is 1.61. The fraction of sp³-hybridized carbons (Fsp3) is 0.167. The van der Waals surface area contributed by atoms with E-state index in [1.807, 2.05) is 54.6 Å². The van der Waals surface area contributed by atoms with E-state index in [9.17, 15) is 4.79 Å². The third kappa shape index (κ3) is 5.15. The molecule has 1 aliphatic rings. The van der Waals surface area contributed by atoms with Gasteiger partial charge in [0.2, 0.25) is 5.90 Å². The summed E-state index contributed by atoms with van der Waals surface area (Å²) < 4.78 is 16.7. The minimum Gasteiger partial charge on any atom is -0.497 e. The van der Waals surface area contributed by atoms with E-state index >= 15 is 0 Å². The molecular weight excluding hydrogens is 451 g/mol. The Morgan fingerprint density at radius 2 is 1.78 bits per heavy atom. The van der Waals surface area contributed by atoms with Crippen LogP contribution in [0.1, 0.15) is 17.2 Å². The van der Waals surface area contributed by atoms with Gasteiger partial charge in [-0.05, 0) is 48.0 Å². The molecule has 0 bridgehead atoms. The normalized spacial score (nSPS) is 17.7. The molecule has 3 aromatic rings. The monoisotopic (exact) mass is 470 g/mol. The molecule has 32 heavy (non-hydrogen) atoms. The molecule has 0 aromatic heterocycles. The zero-order valence-electron chi connectivity index (χ0n) is 17.1. The molecule has 2 unspecified atom stereocenters. The van der Waals surface area contributed by atoms with E-state index in [1.165, 1.54) is 0 Å². The first-order chi connectivity index (χ1) is 15.5. The molecule has 0 spiro atoms.